The molecule has 0 aliphatic rings. The Bertz CT molecular complexity index is 600. The normalized spacial score (nSPS) is 11.1. The van der Waals surface area contributed by atoms with E-state index >= 15 is 0 Å². The molecule has 0 radical (unpaired) electrons. The van der Waals surface area contributed by atoms with Crippen LogP contribution in [0.4, 0.5) is 0 Å². The van der Waals surface area contributed by atoms with Crippen LogP contribution in [0.3, 0.4) is 0 Å². The average Bonchev–Trinajstić information content (AvgIpc) is 2.95. The second-order valence-electron chi connectivity index (χ2n) is 5.13. The van der Waals surface area contributed by atoms with Crippen molar-refractivity contribution in [3.05, 3.63) is 29.6 Å². The number of esters is 1. The fraction of sp³-hybridized carbons (Fsp3) is 0.538. The van der Waals surface area contributed by atoms with Gasteiger partial charge < -0.3 is 9.30 Å². The van der Waals surface area contributed by atoms with Gasteiger partial charge in [0.25, 0.3) is 0 Å². The molecule has 0 fully saturated rings. The zero-order chi connectivity index (χ0) is 14.7. The van der Waals surface area contributed by atoms with Gasteiger partial charge in [-0.25, -0.2) is 14.5 Å². The number of carbonyl (C=O) groups is 1. The van der Waals surface area contributed by atoms with Crippen LogP contribution >= 0.6 is 0 Å². The maximum Gasteiger partial charge on any atom is 0.360 e. The van der Waals surface area contributed by atoms with Crippen LogP contribution in [0.1, 0.15) is 35.9 Å². The first-order chi connectivity index (χ1) is 9.49. The highest BCUT2D eigenvalue weighted by atomic mass is 16.5. The summed E-state index contributed by atoms with van der Waals surface area (Å²) in [6.45, 7) is 6.62. The molecular weight excluding hydrogens is 258 g/mol. The Kier molecular flexibility index (Phi) is 4.16. The largest absolute Gasteiger partial charge is 0.461 e. The van der Waals surface area contributed by atoms with Crippen molar-refractivity contribution in [2.75, 3.05) is 6.61 Å². The number of hydrogen-bond donors (Lipinski definition) is 0. The summed E-state index contributed by atoms with van der Waals surface area (Å²) in [5, 5.41) is 7.90. The maximum atomic E-state index is 11.9. The molecule has 0 spiro atoms. The van der Waals surface area contributed by atoms with Crippen molar-refractivity contribution >= 4 is 5.97 Å². The average molecular weight is 277 g/mol. The molecule has 0 N–H and O–H groups in total. The van der Waals surface area contributed by atoms with Crippen LogP contribution in [0.2, 0.25) is 0 Å². The molecule has 0 bridgehead atoms. The van der Waals surface area contributed by atoms with Crippen molar-refractivity contribution in [2.24, 2.45) is 13.0 Å². The molecule has 0 aromatic carbocycles. The summed E-state index contributed by atoms with van der Waals surface area (Å²) in [6, 6.07) is 0. The van der Waals surface area contributed by atoms with E-state index in [1.54, 1.807) is 17.8 Å². The summed E-state index contributed by atoms with van der Waals surface area (Å²) in [5.41, 5.74) is 0.946. The van der Waals surface area contributed by atoms with Crippen LogP contribution in [-0.2, 0) is 18.3 Å². The van der Waals surface area contributed by atoms with Gasteiger partial charge in [-0.05, 0) is 12.8 Å². The highest BCUT2D eigenvalue weighted by Crippen LogP contribution is 2.08. The van der Waals surface area contributed by atoms with Gasteiger partial charge in [0.1, 0.15) is 12.4 Å². The Hall–Kier alpha value is -2.18. The summed E-state index contributed by atoms with van der Waals surface area (Å²) < 4.78 is 8.71. The Morgan fingerprint density at radius 1 is 1.45 bits per heavy atom. The first-order valence-corrected chi connectivity index (χ1v) is 6.52. The molecule has 0 unspecified atom stereocenters. The van der Waals surface area contributed by atoms with Gasteiger partial charge in [-0.3, -0.25) is 0 Å². The zero-order valence-electron chi connectivity index (χ0n) is 12.2. The lowest BCUT2D eigenvalue weighted by Gasteiger charge is -2.06. The molecule has 0 atom stereocenters. The van der Waals surface area contributed by atoms with E-state index in [0.29, 0.717) is 24.8 Å². The summed E-state index contributed by atoms with van der Waals surface area (Å²) in [5.74, 6) is 0.712. The van der Waals surface area contributed by atoms with E-state index in [2.05, 4.69) is 15.3 Å². The van der Waals surface area contributed by atoms with E-state index < -0.39 is 5.97 Å². The number of aryl methyl sites for hydroxylation is 1. The third-order valence-corrected chi connectivity index (χ3v) is 2.94. The summed E-state index contributed by atoms with van der Waals surface area (Å²) in [7, 11) is 1.91. The zero-order valence-corrected chi connectivity index (χ0v) is 12.2. The van der Waals surface area contributed by atoms with Crippen molar-refractivity contribution in [3.8, 4) is 0 Å². The van der Waals surface area contributed by atoms with Crippen LogP contribution in [0, 0.1) is 12.8 Å². The Balaban J connectivity index is 2.11. The molecule has 0 amide bonds. The second kappa shape index (κ2) is 5.85. The van der Waals surface area contributed by atoms with Gasteiger partial charge in [0.2, 0.25) is 0 Å². The van der Waals surface area contributed by atoms with Crippen molar-refractivity contribution < 1.29 is 9.53 Å². The number of nitrogens with zero attached hydrogens (tertiary/aromatic N) is 5. The molecule has 2 aromatic rings. The van der Waals surface area contributed by atoms with Crippen molar-refractivity contribution in [2.45, 2.75) is 27.3 Å². The van der Waals surface area contributed by atoms with Gasteiger partial charge in [-0.15, -0.1) is 5.10 Å². The number of imidazole rings is 1. The number of rotatable bonds is 5. The fourth-order valence-electron chi connectivity index (χ4n) is 1.69. The number of carbonyl (C=O) groups excluding carboxylic acids is 1. The minimum absolute atomic E-state index is 0.264. The molecule has 0 aliphatic carbocycles. The summed E-state index contributed by atoms with van der Waals surface area (Å²) in [4.78, 5) is 16.1. The van der Waals surface area contributed by atoms with E-state index in [-0.39, 0.29) is 5.69 Å². The molecule has 7 nitrogen and oxygen atoms in total. The summed E-state index contributed by atoms with van der Waals surface area (Å²) >= 11 is 0. The lowest BCUT2D eigenvalue weighted by atomic mass is 10.2. The third kappa shape index (κ3) is 3.04. The van der Waals surface area contributed by atoms with Crippen LogP contribution in [0.15, 0.2) is 12.4 Å². The topological polar surface area (TPSA) is 74.8 Å². The first kappa shape index (κ1) is 14.2. The van der Waals surface area contributed by atoms with Gasteiger partial charge in [0, 0.05) is 19.4 Å². The highest BCUT2D eigenvalue weighted by molar-refractivity contribution is 5.88. The highest BCUT2D eigenvalue weighted by Gasteiger charge is 2.18. The Morgan fingerprint density at radius 2 is 2.20 bits per heavy atom. The molecule has 0 aliphatic heterocycles. The van der Waals surface area contributed by atoms with Crippen molar-refractivity contribution in [1.29, 1.82) is 0 Å². The van der Waals surface area contributed by atoms with Gasteiger partial charge in [0.05, 0.1) is 12.3 Å². The quantitative estimate of drug-likeness (QED) is 0.767. The molecule has 2 heterocycles. The van der Waals surface area contributed by atoms with E-state index in [0.717, 1.165) is 5.82 Å². The SMILES string of the molecule is Cc1c(C(=O)OCC(C)C)nnn1Cc1nccn1C. The molecule has 0 saturated carbocycles. The molecule has 108 valence electrons. The van der Waals surface area contributed by atoms with E-state index in [1.165, 1.54) is 0 Å². The molecular formula is C13H19N5O2. The monoisotopic (exact) mass is 277 g/mol. The van der Waals surface area contributed by atoms with Gasteiger partial charge in [0.15, 0.2) is 5.69 Å². The smallest absolute Gasteiger partial charge is 0.360 e. The molecule has 2 aromatic heterocycles. The van der Waals surface area contributed by atoms with Crippen LogP contribution < -0.4 is 0 Å². The van der Waals surface area contributed by atoms with E-state index in [9.17, 15) is 4.79 Å². The van der Waals surface area contributed by atoms with Crippen LogP contribution in [-0.4, -0.2) is 37.1 Å². The number of ether oxygens (including phenoxy) is 1. The third-order valence-electron chi connectivity index (χ3n) is 2.94. The molecule has 7 heteroatoms. The number of hydrogen-bond acceptors (Lipinski definition) is 5. The van der Waals surface area contributed by atoms with Gasteiger partial charge >= 0.3 is 5.97 Å². The number of aromatic nitrogens is 5. The molecule has 0 saturated heterocycles. The van der Waals surface area contributed by atoms with Gasteiger partial charge in [-0.1, -0.05) is 19.1 Å². The molecule has 20 heavy (non-hydrogen) atoms. The van der Waals surface area contributed by atoms with Crippen molar-refractivity contribution in [1.82, 2.24) is 24.5 Å². The van der Waals surface area contributed by atoms with E-state index in [4.69, 9.17) is 4.74 Å². The van der Waals surface area contributed by atoms with Crippen LogP contribution in [0.25, 0.3) is 0 Å². The first-order valence-electron chi connectivity index (χ1n) is 6.52. The predicted molar refractivity (Wildman–Crippen MR) is 72.2 cm³/mol. The lowest BCUT2D eigenvalue weighted by molar-refractivity contribution is 0.0451. The summed E-state index contributed by atoms with van der Waals surface area (Å²) in [6.07, 6.45) is 3.58. The lowest BCUT2D eigenvalue weighted by Crippen LogP contribution is -2.13. The Labute approximate surface area is 117 Å². The molecule has 2 rings (SSSR count). The van der Waals surface area contributed by atoms with Crippen molar-refractivity contribution in [3.63, 3.8) is 0 Å². The predicted octanol–water partition coefficient (Wildman–Crippen LogP) is 1.18. The van der Waals surface area contributed by atoms with Gasteiger partial charge in [-0.2, -0.15) is 0 Å². The minimum atomic E-state index is -0.428. The fourth-order valence-corrected chi connectivity index (χ4v) is 1.69. The second-order valence-corrected chi connectivity index (χ2v) is 5.13. The Morgan fingerprint density at radius 3 is 2.80 bits per heavy atom. The van der Waals surface area contributed by atoms with E-state index in [1.807, 2.05) is 31.7 Å². The van der Waals surface area contributed by atoms with Crippen LogP contribution in [0.5, 0.6) is 0 Å². The minimum Gasteiger partial charge on any atom is -0.461 e. The maximum absolute atomic E-state index is 11.9. The standard InChI is InChI=1S/C13H19N5O2/c1-9(2)8-20-13(19)12-10(3)18(16-15-12)7-11-14-5-6-17(11)4/h5-6,9H,7-8H2,1-4H3.